The Morgan fingerprint density at radius 3 is 2.65 bits per heavy atom. The standard InChI is InChI=1S/C16H20N2O2/c1-4-7-13-15(16(19)20)14(5-2)18(17-13)12-9-6-8-11(3)10-12/h6,8-10H,4-5,7H2,1-3H3,(H,19,20)/p-1. The Kier molecular flexibility index (Phi) is 4.23. The minimum absolute atomic E-state index is 0.260. The summed E-state index contributed by atoms with van der Waals surface area (Å²) in [6, 6.07) is 7.89. The Labute approximate surface area is 119 Å². The highest BCUT2D eigenvalue weighted by Crippen LogP contribution is 2.21. The average molecular weight is 271 g/mol. The second kappa shape index (κ2) is 5.90. The highest BCUT2D eigenvalue weighted by Gasteiger charge is 2.17. The zero-order valence-electron chi connectivity index (χ0n) is 12.1. The van der Waals surface area contributed by atoms with Crippen molar-refractivity contribution in [3.8, 4) is 5.69 Å². The molecule has 106 valence electrons. The van der Waals surface area contributed by atoms with E-state index in [1.54, 1.807) is 4.68 Å². The number of rotatable bonds is 5. The number of aryl methyl sites for hydroxylation is 2. The van der Waals surface area contributed by atoms with Gasteiger partial charge in [0.2, 0.25) is 0 Å². The summed E-state index contributed by atoms with van der Waals surface area (Å²) in [5, 5.41) is 15.9. The summed E-state index contributed by atoms with van der Waals surface area (Å²) in [4.78, 5) is 11.4. The monoisotopic (exact) mass is 271 g/mol. The summed E-state index contributed by atoms with van der Waals surface area (Å²) in [5.41, 5.74) is 3.60. The number of nitrogens with zero attached hydrogens (tertiary/aromatic N) is 2. The van der Waals surface area contributed by atoms with Crippen LogP contribution < -0.4 is 5.11 Å². The van der Waals surface area contributed by atoms with Crippen LogP contribution >= 0.6 is 0 Å². The normalized spacial score (nSPS) is 10.8. The molecule has 0 radical (unpaired) electrons. The molecule has 0 saturated carbocycles. The van der Waals surface area contributed by atoms with Crippen LogP contribution in [0.25, 0.3) is 5.69 Å². The van der Waals surface area contributed by atoms with E-state index < -0.39 is 5.97 Å². The number of carbonyl (C=O) groups is 1. The fourth-order valence-corrected chi connectivity index (χ4v) is 2.45. The third-order valence-electron chi connectivity index (χ3n) is 3.33. The van der Waals surface area contributed by atoms with Gasteiger partial charge in [0.1, 0.15) is 0 Å². The third-order valence-corrected chi connectivity index (χ3v) is 3.33. The summed E-state index contributed by atoms with van der Waals surface area (Å²) in [7, 11) is 0. The number of carbonyl (C=O) groups excluding carboxylic acids is 1. The van der Waals surface area contributed by atoms with Crippen molar-refractivity contribution in [1.29, 1.82) is 0 Å². The SMILES string of the molecule is CCCc1nn(-c2cccc(C)c2)c(CC)c1C(=O)[O-]. The Morgan fingerprint density at radius 2 is 2.10 bits per heavy atom. The second-order valence-electron chi connectivity index (χ2n) is 4.91. The number of hydrogen-bond donors (Lipinski definition) is 0. The molecule has 1 aromatic carbocycles. The molecule has 0 N–H and O–H groups in total. The molecular formula is C16H19N2O2-. The van der Waals surface area contributed by atoms with Crippen LogP contribution in [0.15, 0.2) is 24.3 Å². The zero-order chi connectivity index (χ0) is 14.7. The lowest BCUT2D eigenvalue weighted by molar-refractivity contribution is -0.255. The van der Waals surface area contributed by atoms with E-state index in [1.165, 1.54) is 0 Å². The first-order valence-electron chi connectivity index (χ1n) is 6.97. The Morgan fingerprint density at radius 1 is 1.35 bits per heavy atom. The highest BCUT2D eigenvalue weighted by atomic mass is 16.4. The van der Waals surface area contributed by atoms with Crippen LogP contribution in [0.5, 0.6) is 0 Å². The quantitative estimate of drug-likeness (QED) is 0.836. The van der Waals surface area contributed by atoms with E-state index in [4.69, 9.17) is 0 Å². The maximum Gasteiger partial charge on any atom is 0.0752 e. The summed E-state index contributed by atoms with van der Waals surface area (Å²) < 4.78 is 1.74. The average Bonchev–Trinajstić information content (AvgIpc) is 2.77. The minimum atomic E-state index is -1.13. The van der Waals surface area contributed by atoms with Gasteiger partial charge in [0.25, 0.3) is 0 Å². The summed E-state index contributed by atoms with van der Waals surface area (Å²) in [6.07, 6.45) is 2.11. The molecule has 0 bridgehead atoms. The molecule has 0 unspecified atom stereocenters. The van der Waals surface area contributed by atoms with Gasteiger partial charge in [-0.3, -0.25) is 0 Å². The lowest BCUT2D eigenvalue weighted by Crippen LogP contribution is -2.24. The van der Waals surface area contributed by atoms with E-state index in [0.29, 0.717) is 24.2 Å². The number of carboxylic acid groups (broad SMARTS) is 1. The van der Waals surface area contributed by atoms with E-state index in [0.717, 1.165) is 17.7 Å². The van der Waals surface area contributed by atoms with Crippen molar-refractivity contribution in [2.24, 2.45) is 0 Å². The van der Waals surface area contributed by atoms with Gasteiger partial charge in [0.05, 0.1) is 23.0 Å². The van der Waals surface area contributed by atoms with Crippen molar-refractivity contribution in [1.82, 2.24) is 9.78 Å². The van der Waals surface area contributed by atoms with Crippen molar-refractivity contribution in [2.75, 3.05) is 0 Å². The Hall–Kier alpha value is -2.10. The molecule has 4 nitrogen and oxygen atoms in total. The molecule has 2 aromatic rings. The third kappa shape index (κ3) is 2.59. The summed E-state index contributed by atoms with van der Waals surface area (Å²) in [6.45, 7) is 5.95. The zero-order valence-corrected chi connectivity index (χ0v) is 12.1. The molecule has 0 aliphatic rings. The fourth-order valence-electron chi connectivity index (χ4n) is 2.45. The molecule has 4 heteroatoms. The largest absolute Gasteiger partial charge is 0.545 e. The van der Waals surface area contributed by atoms with Crippen molar-refractivity contribution >= 4 is 5.97 Å². The van der Waals surface area contributed by atoms with Crippen LogP contribution in [-0.4, -0.2) is 15.7 Å². The van der Waals surface area contributed by atoms with Gasteiger partial charge in [0, 0.05) is 5.56 Å². The molecule has 0 aliphatic heterocycles. The summed E-state index contributed by atoms with van der Waals surface area (Å²) >= 11 is 0. The van der Waals surface area contributed by atoms with Crippen LogP contribution in [0.4, 0.5) is 0 Å². The molecule has 0 atom stereocenters. The van der Waals surface area contributed by atoms with Gasteiger partial charge in [-0.1, -0.05) is 32.4 Å². The van der Waals surface area contributed by atoms with Gasteiger partial charge in [-0.15, -0.1) is 0 Å². The number of aromatic carboxylic acids is 1. The molecule has 0 fully saturated rings. The molecule has 1 heterocycles. The van der Waals surface area contributed by atoms with Crippen molar-refractivity contribution < 1.29 is 9.90 Å². The fraction of sp³-hybridized carbons (Fsp3) is 0.375. The molecule has 2 rings (SSSR count). The predicted octanol–water partition coefficient (Wildman–Crippen LogP) is 2.06. The lowest BCUT2D eigenvalue weighted by atomic mass is 10.1. The molecule has 0 aliphatic carbocycles. The number of aromatic nitrogens is 2. The highest BCUT2D eigenvalue weighted by molar-refractivity contribution is 5.88. The molecule has 0 amide bonds. The van der Waals surface area contributed by atoms with E-state index in [2.05, 4.69) is 5.10 Å². The first kappa shape index (κ1) is 14.3. The van der Waals surface area contributed by atoms with E-state index in [1.807, 2.05) is 45.0 Å². The summed E-state index contributed by atoms with van der Waals surface area (Å²) in [5.74, 6) is -1.13. The molecular weight excluding hydrogens is 252 g/mol. The Bertz CT molecular complexity index is 629. The van der Waals surface area contributed by atoms with Crippen LogP contribution in [-0.2, 0) is 12.8 Å². The lowest BCUT2D eigenvalue weighted by Gasteiger charge is -2.09. The maximum absolute atomic E-state index is 11.4. The van der Waals surface area contributed by atoms with Crippen molar-refractivity contribution in [2.45, 2.75) is 40.0 Å². The topological polar surface area (TPSA) is 58.0 Å². The van der Waals surface area contributed by atoms with Crippen LogP contribution in [0.1, 0.15) is 47.6 Å². The first-order valence-corrected chi connectivity index (χ1v) is 6.97. The van der Waals surface area contributed by atoms with Crippen LogP contribution in [0.3, 0.4) is 0 Å². The predicted molar refractivity (Wildman–Crippen MR) is 76.0 cm³/mol. The minimum Gasteiger partial charge on any atom is -0.545 e. The van der Waals surface area contributed by atoms with Gasteiger partial charge >= 0.3 is 0 Å². The van der Waals surface area contributed by atoms with Crippen LogP contribution in [0, 0.1) is 6.92 Å². The molecule has 20 heavy (non-hydrogen) atoms. The first-order chi connectivity index (χ1) is 9.58. The van der Waals surface area contributed by atoms with Gasteiger partial charge in [0.15, 0.2) is 0 Å². The van der Waals surface area contributed by atoms with Gasteiger partial charge < -0.3 is 9.90 Å². The van der Waals surface area contributed by atoms with Crippen molar-refractivity contribution in [3.63, 3.8) is 0 Å². The van der Waals surface area contributed by atoms with Gasteiger partial charge in [-0.2, -0.15) is 5.10 Å². The van der Waals surface area contributed by atoms with Crippen molar-refractivity contribution in [3.05, 3.63) is 46.8 Å². The number of hydrogen-bond acceptors (Lipinski definition) is 3. The molecule has 1 aromatic heterocycles. The van der Waals surface area contributed by atoms with Crippen LogP contribution in [0.2, 0.25) is 0 Å². The van der Waals surface area contributed by atoms with Gasteiger partial charge in [-0.05, 0) is 37.5 Å². The maximum atomic E-state index is 11.4. The van der Waals surface area contributed by atoms with E-state index >= 15 is 0 Å². The molecule has 0 spiro atoms. The van der Waals surface area contributed by atoms with E-state index in [-0.39, 0.29) is 5.56 Å². The van der Waals surface area contributed by atoms with E-state index in [9.17, 15) is 9.90 Å². The van der Waals surface area contributed by atoms with Gasteiger partial charge in [-0.25, -0.2) is 4.68 Å². The Balaban J connectivity index is 2.64. The number of carboxylic acids is 1. The molecule has 0 saturated heterocycles. The second-order valence-corrected chi connectivity index (χ2v) is 4.91. The smallest absolute Gasteiger partial charge is 0.0752 e. The number of benzene rings is 1.